The predicted molar refractivity (Wildman–Crippen MR) is 117 cm³/mol. The lowest BCUT2D eigenvalue weighted by Gasteiger charge is -2.31. The predicted octanol–water partition coefficient (Wildman–Crippen LogP) is 4.15. The molecule has 0 bridgehead atoms. The van der Waals surface area contributed by atoms with E-state index in [4.69, 9.17) is 0 Å². The zero-order chi connectivity index (χ0) is 23.6. The number of piperidine rings is 1. The molecule has 0 saturated carbocycles. The van der Waals surface area contributed by atoms with Crippen LogP contribution in [0.3, 0.4) is 0 Å². The lowest BCUT2D eigenvalue weighted by atomic mass is 9.95. The van der Waals surface area contributed by atoms with Crippen molar-refractivity contribution in [2.45, 2.75) is 44.9 Å². The van der Waals surface area contributed by atoms with E-state index in [1.807, 2.05) is 37.3 Å². The van der Waals surface area contributed by atoms with E-state index in [9.17, 15) is 22.8 Å². The van der Waals surface area contributed by atoms with Gasteiger partial charge in [-0.2, -0.15) is 18.3 Å². The van der Waals surface area contributed by atoms with Gasteiger partial charge in [0.1, 0.15) is 5.82 Å². The van der Waals surface area contributed by atoms with Crippen LogP contribution < -0.4 is 5.69 Å². The van der Waals surface area contributed by atoms with Gasteiger partial charge in [0.25, 0.3) is 5.91 Å². The molecule has 1 aliphatic rings. The second-order valence-corrected chi connectivity index (χ2v) is 8.17. The molecule has 1 aliphatic heterocycles. The summed E-state index contributed by atoms with van der Waals surface area (Å²) in [6.45, 7) is 3.55. The molecular weight excluding hydrogens is 433 g/mol. The molecule has 174 valence electrons. The van der Waals surface area contributed by atoms with Gasteiger partial charge in [-0.3, -0.25) is 9.36 Å². The first kappa shape index (κ1) is 22.8. The minimum Gasteiger partial charge on any atom is -0.339 e. The number of hydrogen-bond acceptors (Lipinski definition) is 3. The van der Waals surface area contributed by atoms with Crippen molar-refractivity contribution in [2.75, 3.05) is 13.1 Å². The Morgan fingerprint density at radius 2 is 1.76 bits per heavy atom. The molecular formula is C24H25F3N4O2. The van der Waals surface area contributed by atoms with Gasteiger partial charge in [-0.15, -0.1) is 0 Å². The summed E-state index contributed by atoms with van der Waals surface area (Å²) in [4.78, 5) is 27.2. The largest absolute Gasteiger partial charge is 0.416 e. The highest BCUT2D eigenvalue weighted by atomic mass is 19.4. The smallest absolute Gasteiger partial charge is 0.339 e. The van der Waals surface area contributed by atoms with Crippen molar-refractivity contribution in [2.24, 2.45) is 0 Å². The maximum absolute atomic E-state index is 13.0. The van der Waals surface area contributed by atoms with Crippen LogP contribution in [0.15, 0.2) is 59.4 Å². The molecule has 0 radical (unpaired) electrons. The number of carbonyl (C=O) groups is 1. The zero-order valence-corrected chi connectivity index (χ0v) is 18.3. The average Bonchev–Trinajstić information content (AvgIpc) is 3.14. The van der Waals surface area contributed by atoms with Gasteiger partial charge >= 0.3 is 11.9 Å². The van der Waals surface area contributed by atoms with E-state index in [0.29, 0.717) is 44.8 Å². The van der Waals surface area contributed by atoms with Crippen molar-refractivity contribution in [1.29, 1.82) is 0 Å². The summed E-state index contributed by atoms with van der Waals surface area (Å²) in [5.41, 5.74) is 0.00673. The number of halogens is 3. The Morgan fingerprint density at radius 3 is 2.39 bits per heavy atom. The molecule has 1 amide bonds. The van der Waals surface area contributed by atoms with Gasteiger partial charge in [0, 0.05) is 31.1 Å². The number of likely N-dealkylation sites (tertiary alicyclic amines) is 1. The molecule has 2 heterocycles. The van der Waals surface area contributed by atoms with Crippen LogP contribution >= 0.6 is 0 Å². The SMILES string of the molecule is CCn1c(C2CCN(C(=O)c3cccc(C(F)(F)F)c3)CC2)nn(Cc2ccccc2)c1=O. The molecule has 0 atom stereocenters. The summed E-state index contributed by atoms with van der Waals surface area (Å²) >= 11 is 0. The Balaban J connectivity index is 1.47. The Morgan fingerprint density at radius 1 is 1.06 bits per heavy atom. The van der Waals surface area contributed by atoms with E-state index >= 15 is 0 Å². The van der Waals surface area contributed by atoms with Gasteiger partial charge in [-0.25, -0.2) is 9.48 Å². The Kier molecular flexibility index (Phi) is 6.40. The number of hydrogen-bond donors (Lipinski definition) is 0. The highest BCUT2D eigenvalue weighted by Crippen LogP contribution is 2.31. The van der Waals surface area contributed by atoms with Crippen molar-refractivity contribution >= 4 is 5.91 Å². The maximum atomic E-state index is 13.0. The van der Waals surface area contributed by atoms with Gasteiger partial charge < -0.3 is 4.90 Å². The van der Waals surface area contributed by atoms with Gasteiger partial charge in [-0.05, 0) is 43.5 Å². The number of benzene rings is 2. The first-order valence-corrected chi connectivity index (χ1v) is 11.0. The second-order valence-electron chi connectivity index (χ2n) is 8.17. The van der Waals surface area contributed by atoms with Gasteiger partial charge in [0.05, 0.1) is 12.1 Å². The fraction of sp³-hybridized carbons (Fsp3) is 0.375. The minimum absolute atomic E-state index is 0.000216. The van der Waals surface area contributed by atoms with E-state index < -0.39 is 17.6 Å². The maximum Gasteiger partial charge on any atom is 0.416 e. The monoisotopic (exact) mass is 458 g/mol. The van der Waals surface area contributed by atoms with Crippen molar-refractivity contribution in [3.63, 3.8) is 0 Å². The molecule has 0 unspecified atom stereocenters. The minimum atomic E-state index is -4.49. The third kappa shape index (κ3) is 4.86. The summed E-state index contributed by atoms with van der Waals surface area (Å²) in [7, 11) is 0. The van der Waals surface area contributed by atoms with E-state index in [2.05, 4.69) is 5.10 Å². The first-order chi connectivity index (χ1) is 15.8. The average molecular weight is 458 g/mol. The molecule has 0 spiro atoms. The van der Waals surface area contributed by atoms with Crippen LogP contribution in [0.25, 0.3) is 0 Å². The molecule has 0 aliphatic carbocycles. The van der Waals surface area contributed by atoms with Crippen LogP contribution in [0.2, 0.25) is 0 Å². The van der Waals surface area contributed by atoms with Gasteiger partial charge in [-0.1, -0.05) is 36.4 Å². The standard InChI is InChI=1S/C24H25F3N4O2/c1-2-30-21(28-31(23(30)33)16-17-7-4-3-5-8-17)18-11-13-29(14-12-18)22(32)19-9-6-10-20(15-19)24(25,26)27/h3-10,15,18H,2,11-14,16H2,1H3. The molecule has 1 aromatic heterocycles. The first-order valence-electron chi connectivity index (χ1n) is 11.0. The van der Waals surface area contributed by atoms with Crippen LogP contribution in [0.5, 0.6) is 0 Å². The van der Waals surface area contributed by atoms with E-state index in [0.717, 1.165) is 17.7 Å². The highest BCUT2D eigenvalue weighted by molar-refractivity contribution is 5.94. The lowest BCUT2D eigenvalue weighted by Crippen LogP contribution is -2.38. The molecule has 2 aromatic carbocycles. The summed E-state index contributed by atoms with van der Waals surface area (Å²) in [5, 5.41) is 4.60. The normalized spacial score (nSPS) is 15.1. The molecule has 3 aromatic rings. The molecule has 4 rings (SSSR count). The van der Waals surface area contributed by atoms with Crippen molar-refractivity contribution in [1.82, 2.24) is 19.2 Å². The van der Waals surface area contributed by atoms with Crippen LogP contribution in [0.4, 0.5) is 13.2 Å². The topological polar surface area (TPSA) is 60.1 Å². The number of alkyl halides is 3. The Hall–Kier alpha value is -3.36. The fourth-order valence-electron chi connectivity index (χ4n) is 4.27. The Bertz CT molecular complexity index is 1180. The Labute approximate surface area is 189 Å². The summed E-state index contributed by atoms with van der Waals surface area (Å²) in [6, 6.07) is 14.1. The van der Waals surface area contributed by atoms with E-state index in [1.165, 1.54) is 16.8 Å². The number of nitrogens with zero attached hydrogens (tertiary/aromatic N) is 4. The number of carbonyl (C=O) groups excluding carboxylic acids is 1. The molecule has 33 heavy (non-hydrogen) atoms. The summed E-state index contributed by atoms with van der Waals surface area (Å²) < 4.78 is 42.1. The quantitative estimate of drug-likeness (QED) is 0.577. The van der Waals surface area contributed by atoms with Crippen molar-refractivity contribution in [3.05, 3.63) is 87.6 Å². The zero-order valence-electron chi connectivity index (χ0n) is 18.3. The molecule has 0 N–H and O–H groups in total. The van der Waals surface area contributed by atoms with E-state index in [-0.39, 0.29) is 17.2 Å². The molecule has 9 heteroatoms. The van der Waals surface area contributed by atoms with E-state index in [1.54, 1.807) is 9.47 Å². The second kappa shape index (κ2) is 9.25. The van der Waals surface area contributed by atoms with Crippen molar-refractivity contribution < 1.29 is 18.0 Å². The third-order valence-corrected chi connectivity index (χ3v) is 6.03. The van der Waals surface area contributed by atoms with Gasteiger partial charge in [0.2, 0.25) is 0 Å². The number of aromatic nitrogens is 3. The van der Waals surface area contributed by atoms with Crippen LogP contribution in [-0.2, 0) is 19.3 Å². The summed E-state index contributed by atoms with van der Waals surface area (Å²) in [5.74, 6) is 0.284. The number of rotatable bonds is 5. The molecule has 1 saturated heterocycles. The number of amides is 1. The van der Waals surface area contributed by atoms with Crippen molar-refractivity contribution in [3.8, 4) is 0 Å². The highest BCUT2D eigenvalue weighted by Gasteiger charge is 2.32. The van der Waals surface area contributed by atoms with Crippen LogP contribution in [0.1, 0.15) is 53.0 Å². The summed E-state index contributed by atoms with van der Waals surface area (Å²) in [6.07, 6.45) is -3.31. The van der Waals surface area contributed by atoms with Gasteiger partial charge in [0.15, 0.2) is 0 Å². The van der Waals surface area contributed by atoms with Crippen LogP contribution in [-0.4, -0.2) is 38.2 Å². The molecule has 6 nitrogen and oxygen atoms in total. The lowest BCUT2D eigenvalue weighted by molar-refractivity contribution is -0.137. The molecule has 1 fully saturated rings. The fourth-order valence-corrected chi connectivity index (χ4v) is 4.27. The van der Waals surface area contributed by atoms with Crippen LogP contribution in [0, 0.1) is 0 Å². The third-order valence-electron chi connectivity index (χ3n) is 6.03.